The van der Waals surface area contributed by atoms with Gasteiger partial charge in [-0.05, 0) is 36.2 Å². The van der Waals surface area contributed by atoms with Crippen LogP contribution < -0.4 is 5.32 Å². The van der Waals surface area contributed by atoms with Crippen molar-refractivity contribution in [2.24, 2.45) is 5.41 Å². The summed E-state index contributed by atoms with van der Waals surface area (Å²) in [6.07, 6.45) is 2.43. The van der Waals surface area contributed by atoms with E-state index in [9.17, 15) is 0 Å². The van der Waals surface area contributed by atoms with Crippen LogP contribution in [0.25, 0.3) is 0 Å². The normalized spacial score (nSPS) is 27.2. The van der Waals surface area contributed by atoms with Gasteiger partial charge in [0.1, 0.15) is 0 Å². The molecule has 0 spiro atoms. The van der Waals surface area contributed by atoms with Crippen molar-refractivity contribution >= 4 is 22.9 Å². The average molecular weight is 244 g/mol. The van der Waals surface area contributed by atoms with Crippen molar-refractivity contribution in [1.82, 2.24) is 5.32 Å². The van der Waals surface area contributed by atoms with Crippen molar-refractivity contribution in [3.8, 4) is 0 Å². The van der Waals surface area contributed by atoms with Crippen LogP contribution in [0.5, 0.6) is 0 Å². The number of rotatable bonds is 1. The lowest BCUT2D eigenvalue weighted by Crippen LogP contribution is -2.47. The van der Waals surface area contributed by atoms with E-state index in [1.807, 2.05) is 6.07 Å². The van der Waals surface area contributed by atoms with Crippen LogP contribution in [-0.4, -0.2) is 6.54 Å². The summed E-state index contributed by atoms with van der Waals surface area (Å²) >= 11 is 8.06. The van der Waals surface area contributed by atoms with E-state index in [4.69, 9.17) is 11.6 Å². The molecule has 1 aromatic rings. The smallest absolute Gasteiger partial charge is 0.0593 e. The Kier molecular flexibility index (Phi) is 2.87. The summed E-state index contributed by atoms with van der Waals surface area (Å²) in [4.78, 5) is 1.31. The van der Waals surface area contributed by atoms with E-state index in [2.05, 4.69) is 31.5 Å². The summed E-state index contributed by atoms with van der Waals surface area (Å²) in [6.45, 7) is 7.98. The molecule has 15 heavy (non-hydrogen) atoms. The monoisotopic (exact) mass is 243 g/mol. The Balaban J connectivity index is 2.49. The highest BCUT2D eigenvalue weighted by Crippen LogP contribution is 2.49. The molecule has 1 nitrogen and oxygen atoms in total. The topological polar surface area (TPSA) is 12.0 Å². The summed E-state index contributed by atoms with van der Waals surface area (Å²) in [7, 11) is 0. The van der Waals surface area contributed by atoms with Gasteiger partial charge in [-0.15, -0.1) is 11.3 Å². The molecule has 1 saturated heterocycles. The zero-order chi connectivity index (χ0) is 11.1. The molecule has 0 bridgehead atoms. The predicted molar refractivity (Wildman–Crippen MR) is 67.7 cm³/mol. The Labute approximate surface area is 101 Å². The Bertz CT molecular complexity index is 345. The van der Waals surface area contributed by atoms with E-state index in [0.29, 0.717) is 0 Å². The maximum atomic E-state index is 6.29. The molecule has 1 N–H and O–H groups in total. The molecular formula is C12H18ClNS. The SMILES string of the molecule is CC(C)(C)C1(c2sccc2Cl)CCCN1. The van der Waals surface area contributed by atoms with Crippen LogP contribution in [0.15, 0.2) is 11.4 Å². The maximum Gasteiger partial charge on any atom is 0.0593 e. The second-order valence-electron chi connectivity index (χ2n) is 5.28. The highest BCUT2D eigenvalue weighted by Gasteiger charge is 2.47. The zero-order valence-corrected chi connectivity index (χ0v) is 11.1. The minimum Gasteiger partial charge on any atom is -0.306 e. The maximum absolute atomic E-state index is 6.29. The lowest BCUT2D eigenvalue weighted by atomic mass is 9.71. The first-order chi connectivity index (χ1) is 6.97. The highest BCUT2D eigenvalue weighted by atomic mass is 35.5. The molecular weight excluding hydrogens is 226 g/mol. The van der Waals surface area contributed by atoms with Gasteiger partial charge in [0.2, 0.25) is 0 Å². The van der Waals surface area contributed by atoms with Gasteiger partial charge in [-0.2, -0.15) is 0 Å². The van der Waals surface area contributed by atoms with E-state index >= 15 is 0 Å². The lowest BCUT2D eigenvalue weighted by Gasteiger charge is -2.42. The molecule has 0 amide bonds. The second-order valence-corrected chi connectivity index (χ2v) is 6.61. The van der Waals surface area contributed by atoms with Gasteiger partial charge in [0.25, 0.3) is 0 Å². The molecule has 1 atom stereocenters. The molecule has 84 valence electrons. The van der Waals surface area contributed by atoms with Crippen LogP contribution in [0, 0.1) is 5.41 Å². The van der Waals surface area contributed by atoms with Gasteiger partial charge in [0.05, 0.1) is 10.6 Å². The van der Waals surface area contributed by atoms with Crippen molar-refractivity contribution < 1.29 is 0 Å². The Morgan fingerprint density at radius 3 is 2.60 bits per heavy atom. The zero-order valence-electron chi connectivity index (χ0n) is 9.56. The lowest BCUT2D eigenvalue weighted by molar-refractivity contribution is 0.165. The molecule has 1 unspecified atom stereocenters. The molecule has 0 saturated carbocycles. The third-order valence-electron chi connectivity index (χ3n) is 3.44. The Morgan fingerprint density at radius 1 is 1.47 bits per heavy atom. The van der Waals surface area contributed by atoms with Gasteiger partial charge >= 0.3 is 0 Å². The molecule has 2 heterocycles. The summed E-state index contributed by atoms with van der Waals surface area (Å²) in [5, 5.41) is 6.69. The minimum atomic E-state index is 0.0816. The van der Waals surface area contributed by atoms with Gasteiger partial charge in [0, 0.05) is 4.88 Å². The van der Waals surface area contributed by atoms with Gasteiger partial charge < -0.3 is 5.32 Å². The van der Waals surface area contributed by atoms with E-state index in [0.717, 1.165) is 11.6 Å². The highest BCUT2D eigenvalue weighted by molar-refractivity contribution is 7.10. The predicted octanol–water partition coefficient (Wildman–Crippen LogP) is 4.03. The number of hydrogen-bond acceptors (Lipinski definition) is 2. The molecule has 2 rings (SSSR count). The van der Waals surface area contributed by atoms with Crippen molar-refractivity contribution in [3.63, 3.8) is 0 Å². The fourth-order valence-electron chi connectivity index (χ4n) is 2.52. The van der Waals surface area contributed by atoms with Gasteiger partial charge in [-0.25, -0.2) is 0 Å². The van der Waals surface area contributed by atoms with Gasteiger partial charge in [-0.1, -0.05) is 32.4 Å². The van der Waals surface area contributed by atoms with Crippen LogP contribution in [0.4, 0.5) is 0 Å². The summed E-state index contributed by atoms with van der Waals surface area (Å²) < 4.78 is 0. The number of thiophene rings is 1. The van der Waals surface area contributed by atoms with Crippen LogP contribution in [0.3, 0.4) is 0 Å². The summed E-state index contributed by atoms with van der Waals surface area (Å²) in [6, 6.07) is 2.01. The fraction of sp³-hybridized carbons (Fsp3) is 0.667. The number of hydrogen-bond donors (Lipinski definition) is 1. The molecule has 0 radical (unpaired) electrons. The Hall–Kier alpha value is -0.0500. The quantitative estimate of drug-likeness (QED) is 0.786. The van der Waals surface area contributed by atoms with E-state index < -0.39 is 0 Å². The third-order valence-corrected chi connectivity index (χ3v) is 4.94. The summed E-state index contributed by atoms with van der Waals surface area (Å²) in [5.74, 6) is 0. The number of nitrogens with one attached hydrogen (secondary N) is 1. The van der Waals surface area contributed by atoms with Crippen LogP contribution >= 0.6 is 22.9 Å². The largest absolute Gasteiger partial charge is 0.306 e. The van der Waals surface area contributed by atoms with Crippen molar-refractivity contribution in [3.05, 3.63) is 21.3 Å². The van der Waals surface area contributed by atoms with Crippen molar-refractivity contribution in [2.45, 2.75) is 39.2 Å². The van der Waals surface area contributed by atoms with Crippen molar-refractivity contribution in [1.29, 1.82) is 0 Å². The first-order valence-electron chi connectivity index (χ1n) is 5.46. The van der Waals surface area contributed by atoms with E-state index in [1.165, 1.54) is 17.7 Å². The minimum absolute atomic E-state index is 0.0816. The molecule has 1 aromatic heterocycles. The molecule has 0 aromatic carbocycles. The second kappa shape index (κ2) is 3.76. The Morgan fingerprint density at radius 2 is 2.20 bits per heavy atom. The van der Waals surface area contributed by atoms with E-state index in [1.54, 1.807) is 11.3 Å². The number of halogens is 1. The molecule has 1 aliphatic heterocycles. The first-order valence-corrected chi connectivity index (χ1v) is 6.72. The molecule has 1 aliphatic rings. The van der Waals surface area contributed by atoms with Crippen LogP contribution in [0.1, 0.15) is 38.5 Å². The van der Waals surface area contributed by atoms with Crippen LogP contribution in [-0.2, 0) is 5.54 Å². The standard InChI is InChI=1S/C12H18ClNS/c1-11(2,3)12(6-4-7-14-12)10-9(13)5-8-15-10/h5,8,14H,4,6-7H2,1-3H3. The molecule has 1 fully saturated rings. The van der Waals surface area contributed by atoms with Crippen molar-refractivity contribution in [2.75, 3.05) is 6.54 Å². The summed E-state index contributed by atoms with van der Waals surface area (Å²) in [5.41, 5.74) is 0.288. The fourth-order valence-corrected chi connectivity index (χ4v) is 4.15. The van der Waals surface area contributed by atoms with Crippen LogP contribution in [0.2, 0.25) is 5.02 Å². The first kappa shape index (κ1) is 11.4. The van der Waals surface area contributed by atoms with Gasteiger partial charge in [0.15, 0.2) is 0 Å². The molecule has 3 heteroatoms. The molecule has 0 aliphatic carbocycles. The van der Waals surface area contributed by atoms with Gasteiger partial charge in [-0.3, -0.25) is 0 Å². The van der Waals surface area contributed by atoms with E-state index in [-0.39, 0.29) is 11.0 Å². The average Bonchev–Trinajstić information content (AvgIpc) is 2.70. The third kappa shape index (κ3) is 1.73.